The highest BCUT2D eigenvalue weighted by Gasteiger charge is 2.22. The number of carbonyl (C=O) groups excluding carboxylic acids is 1. The molecule has 4 aromatic rings. The van der Waals surface area contributed by atoms with E-state index >= 15 is 0 Å². The van der Waals surface area contributed by atoms with Crippen molar-refractivity contribution in [3.63, 3.8) is 0 Å². The number of aromatic nitrogens is 4. The Hall–Kier alpha value is -3.74. The third-order valence-electron chi connectivity index (χ3n) is 4.07. The number of rotatable bonds is 5. The maximum absolute atomic E-state index is 12.8. The van der Waals surface area contributed by atoms with Crippen LogP contribution in [0.2, 0.25) is 0 Å². The molecule has 4 rings (SSSR count). The zero-order chi connectivity index (χ0) is 18.6. The minimum atomic E-state index is -0.329. The van der Waals surface area contributed by atoms with E-state index in [0.29, 0.717) is 11.5 Å². The van der Waals surface area contributed by atoms with Gasteiger partial charge in [0.25, 0.3) is 5.91 Å². The monoisotopic (exact) mass is 359 g/mol. The van der Waals surface area contributed by atoms with Crippen molar-refractivity contribution in [3.8, 4) is 16.9 Å². The van der Waals surface area contributed by atoms with Gasteiger partial charge in [-0.2, -0.15) is 0 Å². The SMILES string of the molecule is Cc1cccc(-n2nnc(C(=O)NCc3ccco3)c2-c2cccnc2)c1. The van der Waals surface area contributed by atoms with E-state index in [4.69, 9.17) is 4.42 Å². The van der Waals surface area contributed by atoms with Gasteiger partial charge in [0.2, 0.25) is 0 Å². The van der Waals surface area contributed by atoms with E-state index < -0.39 is 0 Å². The fourth-order valence-corrected chi connectivity index (χ4v) is 2.80. The molecular weight excluding hydrogens is 342 g/mol. The number of pyridine rings is 1. The summed E-state index contributed by atoms with van der Waals surface area (Å²) in [5.74, 6) is 0.335. The van der Waals surface area contributed by atoms with E-state index in [-0.39, 0.29) is 18.1 Å². The van der Waals surface area contributed by atoms with Gasteiger partial charge in [0.15, 0.2) is 5.69 Å². The number of amides is 1. The largest absolute Gasteiger partial charge is 0.467 e. The van der Waals surface area contributed by atoms with E-state index in [0.717, 1.165) is 16.8 Å². The lowest BCUT2D eigenvalue weighted by atomic mass is 10.1. The van der Waals surface area contributed by atoms with E-state index in [1.807, 2.05) is 43.3 Å². The fraction of sp³-hybridized carbons (Fsp3) is 0.100. The average molecular weight is 359 g/mol. The Kier molecular flexibility index (Phi) is 4.49. The maximum atomic E-state index is 12.8. The highest BCUT2D eigenvalue weighted by molar-refractivity contribution is 5.98. The maximum Gasteiger partial charge on any atom is 0.274 e. The molecule has 0 aliphatic heterocycles. The summed E-state index contributed by atoms with van der Waals surface area (Å²) < 4.78 is 6.91. The molecule has 3 heterocycles. The third kappa shape index (κ3) is 3.48. The van der Waals surface area contributed by atoms with Gasteiger partial charge in [-0.1, -0.05) is 17.3 Å². The lowest BCUT2D eigenvalue weighted by molar-refractivity contribution is 0.0943. The molecule has 0 aliphatic rings. The normalized spacial score (nSPS) is 10.7. The zero-order valence-electron chi connectivity index (χ0n) is 14.7. The van der Waals surface area contributed by atoms with Crippen molar-refractivity contribution in [2.45, 2.75) is 13.5 Å². The van der Waals surface area contributed by atoms with Crippen LogP contribution >= 0.6 is 0 Å². The smallest absolute Gasteiger partial charge is 0.274 e. The molecule has 0 atom stereocenters. The predicted molar refractivity (Wildman–Crippen MR) is 99.2 cm³/mol. The Labute approximate surface area is 155 Å². The van der Waals surface area contributed by atoms with Crippen molar-refractivity contribution in [1.29, 1.82) is 0 Å². The Morgan fingerprint density at radius 2 is 2.11 bits per heavy atom. The van der Waals surface area contributed by atoms with Gasteiger partial charge in [-0.05, 0) is 48.9 Å². The number of hydrogen-bond donors (Lipinski definition) is 1. The fourth-order valence-electron chi connectivity index (χ4n) is 2.80. The minimum Gasteiger partial charge on any atom is -0.467 e. The van der Waals surface area contributed by atoms with Crippen LogP contribution in [0.15, 0.2) is 71.6 Å². The molecule has 0 bridgehead atoms. The standard InChI is InChI=1S/C20H17N5O2/c1-14-5-2-7-16(11-14)25-19(15-6-3-9-21-12-15)18(23-24-25)20(26)22-13-17-8-4-10-27-17/h2-12H,13H2,1H3,(H,22,26). The van der Waals surface area contributed by atoms with Gasteiger partial charge in [-0.25, -0.2) is 4.68 Å². The quantitative estimate of drug-likeness (QED) is 0.591. The summed E-state index contributed by atoms with van der Waals surface area (Å²) in [6.07, 6.45) is 4.94. The summed E-state index contributed by atoms with van der Waals surface area (Å²) in [4.78, 5) is 16.9. The van der Waals surface area contributed by atoms with Crippen LogP contribution in [0.5, 0.6) is 0 Å². The summed E-state index contributed by atoms with van der Waals surface area (Å²) in [6, 6.07) is 15.1. The molecule has 27 heavy (non-hydrogen) atoms. The van der Waals surface area contributed by atoms with Crippen molar-refractivity contribution in [1.82, 2.24) is 25.3 Å². The van der Waals surface area contributed by atoms with Crippen molar-refractivity contribution >= 4 is 5.91 Å². The van der Waals surface area contributed by atoms with Crippen molar-refractivity contribution in [2.75, 3.05) is 0 Å². The van der Waals surface area contributed by atoms with Crippen LogP contribution < -0.4 is 5.32 Å². The van der Waals surface area contributed by atoms with E-state index in [9.17, 15) is 4.79 Å². The van der Waals surface area contributed by atoms with Gasteiger partial charge >= 0.3 is 0 Å². The third-order valence-corrected chi connectivity index (χ3v) is 4.07. The van der Waals surface area contributed by atoms with Gasteiger partial charge in [-0.3, -0.25) is 9.78 Å². The second-order valence-electron chi connectivity index (χ2n) is 6.04. The zero-order valence-corrected chi connectivity index (χ0v) is 14.7. The number of nitrogens with one attached hydrogen (secondary N) is 1. The Balaban J connectivity index is 1.74. The van der Waals surface area contributed by atoms with Gasteiger partial charge in [0, 0.05) is 18.0 Å². The Morgan fingerprint density at radius 3 is 2.85 bits per heavy atom. The molecule has 0 saturated heterocycles. The second-order valence-corrected chi connectivity index (χ2v) is 6.04. The summed E-state index contributed by atoms with van der Waals surface area (Å²) in [5, 5.41) is 11.2. The number of furan rings is 1. The van der Waals surface area contributed by atoms with Crippen LogP contribution in [-0.2, 0) is 6.54 Å². The first-order valence-electron chi connectivity index (χ1n) is 8.46. The Bertz CT molecular complexity index is 1060. The van der Waals surface area contributed by atoms with Crippen LogP contribution in [0.25, 0.3) is 16.9 Å². The molecule has 0 unspecified atom stereocenters. The molecule has 0 fully saturated rings. The van der Waals surface area contributed by atoms with Crippen LogP contribution in [0.4, 0.5) is 0 Å². The molecule has 0 saturated carbocycles. The molecule has 0 spiro atoms. The minimum absolute atomic E-state index is 0.232. The molecule has 0 aliphatic carbocycles. The van der Waals surface area contributed by atoms with Crippen molar-refractivity contribution in [2.24, 2.45) is 0 Å². The average Bonchev–Trinajstić information content (AvgIpc) is 3.36. The van der Waals surface area contributed by atoms with Crippen LogP contribution in [0.1, 0.15) is 21.8 Å². The first-order valence-corrected chi connectivity index (χ1v) is 8.46. The van der Waals surface area contributed by atoms with Gasteiger partial charge < -0.3 is 9.73 Å². The first-order chi connectivity index (χ1) is 13.2. The van der Waals surface area contributed by atoms with Gasteiger partial charge in [0.1, 0.15) is 11.5 Å². The lowest BCUT2D eigenvalue weighted by Crippen LogP contribution is -2.23. The summed E-state index contributed by atoms with van der Waals surface area (Å²) >= 11 is 0. The first kappa shape index (κ1) is 16.7. The number of carbonyl (C=O) groups is 1. The topological polar surface area (TPSA) is 85.8 Å². The molecular formula is C20H17N5O2. The van der Waals surface area contributed by atoms with Crippen molar-refractivity contribution in [3.05, 3.63) is 84.2 Å². The number of hydrogen-bond acceptors (Lipinski definition) is 5. The van der Waals surface area contributed by atoms with Gasteiger partial charge in [0.05, 0.1) is 18.5 Å². The summed E-state index contributed by atoms with van der Waals surface area (Å²) in [7, 11) is 0. The van der Waals surface area contributed by atoms with Crippen molar-refractivity contribution < 1.29 is 9.21 Å². The summed E-state index contributed by atoms with van der Waals surface area (Å²) in [6.45, 7) is 2.27. The molecule has 1 amide bonds. The highest BCUT2D eigenvalue weighted by Crippen LogP contribution is 2.25. The predicted octanol–water partition coefficient (Wildman–Crippen LogP) is 3.16. The molecule has 7 heteroatoms. The number of benzene rings is 1. The van der Waals surface area contributed by atoms with Gasteiger partial charge in [-0.15, -0.1) is 5.10 Å². The molecule has 1 aromatic carbocycles. The summed E-state index contributed by atoms with van der Waals surface area (Å²) in [5.41, 5.74) is 3.49. The molecule has 7 nitrogen and oxygen atoms in total. The lowest BCUT2D eigenvalue weighted by Gasteiger charge is -2.09. The molecule has 3 aromatic heterocycles. The highest BCUT2D eigenvalue weighted by atomic mass is 16.3. The molecule has 134 valence electrons. The van der Waals surface area contributed by atoms with E-state index in [1.165, 1.54) is 0 Å². The molecule has 0 radical (unpaired) electrons. The van der Waals surface area contributed by atoms with Crippen LogP contribution in [0.3, 0.4) is 0 Å². The molecule has 1 N–H and O–H groups in total. The number of aryl methyl sites for hydroxylation is 1. The van der Waals surface area contributed by atoms with E-state index in [1.54, 1.807) is 35.5 Å². The van der Waals surface area contributed by atoms with Crippen LogP contribution in [0, 0.1) is 6.92 Å². The second kappa shape index (κ2) is 7.25. The van der Waals surface area contributed by atoms with E-state index in [2.05, 4.69) is 20.6 Å². The Morgan fingerprint density at radius 1 is 1.19 bits per heavy atom. The van der Waals surface area contributed by atoms with Crippen LogP contribution in [-0.4, -0.2) is 25.9 Å². The number of nitrogens with zero attached hydrogens (tertiary/aromatic N) is 4.